The number of nitrogens with zero attached hydrogens (tertiary/aromatic N) is 1. The lowest BCUT2D eigenvalue weighted by atomic mass is 9.87. The molecular formula is C21H24N2O2S. The number of amides is 2. The average molecular weight is 369 g/mol. The standard InChI is InChI=1S/C21H24N2O2S/c24-19-7-10-21(22-19,14-18-6-3-13-26-18)11-8-20(25)23-12-9-16-4-1-2-5-17(16)15-23/h1-6,13H,7-12,14-15H2,(H,22,24)/t21-/m1/s1. The van der Waals surface area contributed by atoms with Crippen LogP contribution in [0.4, 0.5) is 0 Å². The van der Waals surface area contributed by atoms with Gasteiger partial charge in [-0.05, 0) is 41.8 Å². The topological polar surface area (TPSA) is 49.4 Å². The van der Waals surface area contributed by atoms with Crippen LogP contribution in [0.2, 0.25) is 0 Å². The summed E-state index contributed by atoms with van der Waals surface area (Å²) in [5.41, 5.74) is 2.36. The van der Waals surface area contributed by atoms with Crippen LogP contribution in [-0.2, 0) is 29.0 Å². The first-order valence-corrected chi connectivity index (χ1v) is 10.2. The Morgan fingerprint density at radius 3 is 2.73 bits per heavy atom. The minimum absolute atomic E-state index is 0.112. The van der Waals surface area contributed by atoms with Crippen LogP contribution in [0.25, 0.3) is 0 Å². The van der Waals surface area contributed by atoms with Gasteiger partial charge < -0.3 is 10.2 Å². The first-order chi connectivity index (χ1) is 12.6. The van der Waals surface area contributed by atoms with Crippen molar-refractivity contribution in [1.82, 2.24) is 10.2 Å². The van der Waals surface area contributed by atoms with E-state index in [0.29, 0.717) is 25.8 Å². The van der Waals surface area contributed by atoms with Crippen molar-refractivity contribution in [1.29, 1.82) is 0 Å². The van der Waals surface area contributed by atoms with E-state index >= 15 is 0 Å². The van der Waals surface area contributed by atoms with Gasteiger partial charge in [0.15, 0.2) is 0 Å². The van der Waals surface area contributed by atoms with E-state index in [1.807, 2.05) is 17.0 Å². The maximum absolute atomic E-state index is 12.8. The third-order valence-corrected chi connectivity index (χ3v) is 6.51. The molecule has 26 heavy (non-hydrogen) atoms. The van der Waals surface area contributed by atoms with Crippen molar-refractivity contribution in [3.05, 3.63) is 57.8 Å². The Morgan fingerprint density at radius 1 is 1.15 bits per heavy atom. The zero-order valence-electron chi connectivity index (χ0n) is 14.9. The molecule has 0 bridgehead atoms. The van der Waals surface area contributed by atoms with E-state index in [-0.39, 0.29) is 17.4 Å². The Kier molecular flexibility index (Phi) is 4.81. The Morgan fingerprint density at radius 2 is 2.00 bits per heavy atom. The minimum atomic E-state index is -0.259. The lowest BCUT2D eigenvalue weighted by Crippen LogP contribution is -2.45. The molecule has 1 atom stereocenters. The van der Waals surface area contributed by atoms with E-state index in [0.717, 1.165) is 25.8 Å². The molecule has 1 saturated heterocycles. The monoisotopic (exact) mass is 368 g/mol. The highest BCUT2D eigenvalue weighted by molar-refractivity contribution is 7.09. The molecule has 1 N–H and O–H groups in total. The maximum atomic E-state index is 12.8. The quantitative estimate of drug-likeness (QED) is 0.880. The van der Waals surface area contributed by atoms with Crippen LogP contribution in [0.3, 0.4) is 0 Å². The molecule has 0 unspecified atom stereocenters. The third-order valence-electron chi connectivity index (χ3n) is 5.63. The van der Waals surface area contributed by atoms with Gasteiger partial charge in [-0.15, -0.1) is 11.3 Å². The largest absolute Gasteiger partial charge is 0.350 e. The lowest BCUT2D eigenvalue weighted by Gasteiger charge is -2.32. The Balaban J connectivity index is 1.40. The van der Waals surface area contributed by atoms with Gasteiger partial charge in [-0.25, -0.2) is 0 Å². The zero-order valence-corrected chi connectivity index (χ0v) is 15.7. The van der Waals surface area contributed by atoms with Crippen LogP contribution in [-0.4, -0.2) is 28.8 Å². The number of benzene rings is 1. The van der Waals surface area contributed by atoms with Gasteiger partial charge >= 0.3 is 0 Å². The molecule has 0 radical (unpaired) electrons. The van der Waals surface area contributed by atoms with Crippen molar-refractivity contribution < 1.29 is 9.59 Å². The van der Waals surface area contributed by atoms with Crippen LogP contribution < -0.4 is 5.32 Å². The summed E-state index contributed by atoms with van der Waals surface area (Å²) < 4.78 is 0. The van der Waals surface area contributed by atoms with Crippen LogP contribution in [0.5, 0.6) is 0 Å². The predicted octanol–water partition coefficient (Wildman–Crippen LogP) is 3.30. The molecule has 5 heteroatoms. The summed E-state index contributed by atoms with van der Waals surface area (Å²) in [6.45, 7) is 1.50. The molecule has 0 aliphatic carbocycles. The van der Waals surface area contributed by atoms with Crippen molar-refractivity contribution in [3.63, 3.8) is 0 Å². The van der Waals surface area contributed by atoms with Crippen molar-refractivity contribution in [2.75, 3.05) is 6.54 Å². The normalized spacial score (nSPS) is 22.2. The van der Waals surface area contributed by atoms with Gasteiger partial charge in [-0.2, -0.15) is 0 Å². The molecule has 2 aliphatic heterocycles. The highest BCUT2D eigenvalue weighted by atomic mass is 32.1. The van der Waals surface area contributed by atoms with Gasteiger partial charge in [0.2, 0.25) is 11.8 Å². The number of hydrogen-bond acceptors (Lipinski definition) is 3. The zero-order chi connectivity index (χ0) is 18.0. The number of nitrogens with one attached hydrogen (secondary N) is 1. The summed E-state index contributed by atoms with van der Waals surface area (Å²) in [6, 6.07) is 12.5. The SMILES string of the molecule is O=C1CC[C@@](CCC(=O)N2CCc3ccccc3C2)(Cc2cccs2)N1. The number of fused-ring (bicyclic) bond motifs is 1. The summed E-state index contributed by atoms with van der Waals surface area (Å²) in [5, 5.41) is 5.24. The second kappa shape index (κ2) is 7.23. The molecular weight excluding hydrogens is 344 g/mol. The fourth-order valence-electron chi connectivity index (χ4n) is 4.14. The molecule has 0 spiro atoms. The van der Waals surface area contributed by atoms with Crippen LogP contribution in [0, 0.1) is 0 Å². The number of rotatable bonds is 5. The van der Waals surface area contributed by atoms with E-state index in [9.17, 15) is 9.59 Å². The molecule has 136 valence electrons. The molecule has 1 aromatic carbocycles. The minimum Gasteiger partial charge on any atom is -0.350 e. The van der Waals surface area contributed by atoms with Crippen LogP contribution >= 0.6 is 11.3 Å². The van der Waals surface area contributed by atoms with E-state index in [4.69, 9.17) is 0 Å². The molecule has 2 amide bonds. The highest BCUT2D eigenvalue weighted by Crippen LogP contribution is 2.31. The summed E-state index contributed by atoms with van der Waals surface area (Å²) in [7, 11) is 0. The number of thiophene rings is 1. The van der Waals surface area contributed by atoms with Crippen molar-refractivity contribution >= 4 is 23.2 Å². The molecule has 3 heterocycles. The van der Waals surface area contributed by atoms with Gasteiger partial charge in [0.05, 0.1) is 0 Å². The molecule has 4 nitrogen and oxygen atoms in total. The fourth-order valence-corrected chi connectivity index (χ4v) is 4.99. The first-order valence-electron chi connectivity index (χ1n) is 9.32. The van der Waals surface area contributed by atoms with Gasteiger partial charge in [-0.3, -0.25) is 9.59 Å². The third kappa shape index (κ3) is 3.68. The van der Waals surface area contributed by atoms with E-state index in [2.05, 4.69) is 35.0 Å². The number of hydrogen-bond donors (Lipinski definition) is 1. The van der Waals surface area contributed by atoms with E-state index in [1.54, 1.807) is 11.3 Å². The second-order valence-corrected chi connectivity index (χ2v) is 8.45. The summed E-state index contributed by atoms with van der Waals surface area (Å²) in [6.07, 6.45) is 4.35. The van der Waals surface area contributed by atoms with E-state index in [1.165, 1.54) is 16.0 Å². The second-order valence-electron chi connectivity index (χ2n) is 7.42. The van der Waals surface area contributed by atoms with Gasteiger partial charge in [0, 0.05) is 42.8 Å². The molecule has 2 aliphatic rings. The van der Waals surface area contributed by atoms with Crippen LogP contribution in [0.1, 0.15) is 41.7 Å². The fraction of sp³-hybridized carbons (Fsp3) is 0.429. The Bertz CT molecular complexity index is 802. The molecule has 0 saturated carbocycles. The van der Waals surface area contributed by atoms with Gasteiger partial charge in [0.25, 0.3) is 0 Å². The molecule has 4 rings (SSSR count). The van der Waals surface area contributed by atoms with E-state index < -0.39 is 0 Å². The van der Waals surface area contributed by atoms with Gasteiger partial charge in [0.1, 0.15) is 0 Å². The van der Waals surface area contributed by atoms with Crippen molar-refractivity contribution in [3.8, 4) is 0 Å². The lowest BCUT2D eigenvalue weighted by molar-refractivity contribution is -0.132. The molecule has 2 aromatic rings. The summed E-state index contributed by atoms with van der Waals surface area (Å²) >= 11 is 1.72. The highest BCUT2D eigenvalue weighted by Gasteiger charge is 2.38. The number of carbonyl (C=O) groups excluding carboxylic acids is 2. The maximum Gasteiger partial charge on any atom is 0.222 e. The average Bonchev–Trinajstić information content (AvgIpc) is 3.29. The van der Waals surface area contributed by atoms with Crippen molar-refractivity contribution in [2.24, 2.45) is 0 Å². The van der Waals surface area contributed by atoms with Gasteiger partial charge in [-0.1, -0.05) is 30.3 Å². The predicted molar refractivity (Wildman–Crippen MR) is 103 cm³/mol. The van der Waals surface area contributed by atoms with Crippen molar-refractivity contribution in [2.45, 2.75) is 50.6 Å². The number of carbonyl (C=O) groups is 2. The Hall–Kier alpha value is -2.14. The molecule has 1 fully saturated rings. The van der Waals surface area contributed by atoms with Crippen LogP contribution in [0.15, 0.2) is 41.8 Å². The summed E-state index contributed by atoms with van der Waals surface area (Å²) in [4.78, 5) is 27.9. The smallest absolute Gasteiger partial charge is 0.222 e. The first kappa shape index (κ1) is 17.3. The Labute approximate surface area is 158 Å². The molecule has 1 aromatic heterocycles. The summed E-state index contributed by atoms with van der Waals surface area (Å²) in [5.74, 6) is 0.312.